The minimum absolute atomic E-state index is 0.885. The van der Waals surface area contributed by atoms with Gasteiger partial charge in [0.2, 0.25) is 0 Å². The van der Waals surface area contributed by atoms with Crippen molar-refractivity contribution in [2.45, 2.75) is 6.92 Å². The molecule has 0 saturated heterocycles. The van der Waals surface area contributed by atoms with Gasteiger partial charge in [0.25, 0.3) is 0 Å². The van der Waals surface area contributed by atoms with Crippen LogP contribution in [0.1, 0.15) is 6.92 Å². The second-order valence-corrected chi connectivity index (χ2v) is 1.99. The van der Waals surface area contributed by atoms with E-state index < -0.39 is 0 Å². The number of rotatable bonds is 2. The topological polar surface area (TPSA) is 24.4 Å². The summed E-state index contributed by atoms with van der Waals surface area (Å²) in [6.07, 6.45) is 3.42. The molecule has 0 aliphatic rings. The zero-order valence-electron chi connectivity index (χ0n) is 4.98. The van der Waals surface area contributed by atoms with Crippen LogP contribution in [-0.4, -0.2) is 13.3 Å². The fourth-order valence-electron chi connectivity index (χ4n) is 0.205. The zero-order valence-corrected chi connectivity index (χ0v) is 6.57. The van der Waals surface area contributed by atoms with Crippen LogP contribution in [0.15, 0.2) is 15.8 Å². The van der Waals surface area contributed by atoms with Crippen LogP contribution in [0.2, 0.25) is 0 Å². The zero-order chi connectivity index (χ0) is 6.41. The number of hydrogen-bond donors (Lipinski definition) is 1. The molecule has 0 aromatic heterocycles. The summed E-state index contributed by atoms with van der Waals surface area (Å²) >= 11 is 3.21. The van der Waals surface area contributed by atoms with Gasteiger partial charge < -0.3 is 5.32 Å². The van der Waals surface area contributed by atoms with E-state index in [4.69, 9.17) is 0 Å². The van der Waals surface area contributed by atoms with Gasteiger partial charge in [-0.2, -0.15) is 0 Å². The van der Waals surface area contributed by atoms with Gasteiger partial charge in [0.1, 0.15) is 0 Å². The molecule has 0 unspecified atom stereocenters. The van der Waals surface area contributed by atoms with E-state index in [-0.39, 0.29) is 0 Å². The fraction of sp³-hybridized carbons (Fsp3) is 0.400. The van der Waals surface area contributed by atoms with Gasteiger partial charge in [0.15, 0.2) is 0 Å². The van der Waals surface area contributed by atoms with Gasteiger partial charge in [-0.1, -0.05) is 0 Å². The summed E-state index contributed by atoms with van der Waals surface area (Å²) in [4.78, 5) is 3.85. The molecular weight excluding hydrogens is 168 g/mol. The molecule has 2 nitrogen and oxygen atoms in total. The van der Waals surface area contributed by atoms with Crippen molar-refractivity contribution in [2.24, 2.45) is 4.99 Å². The number of hydrogen-bond acceptors (Lipinski definition) is 2. The third-order valence-electron chi connectivity index (χ3n) is 0.576. The molecule has 0 heterocycles. The summed E-state index contributed by atoms with van der Waals surface area (Å²) in [5.41, 5.74) is 0. The average Bonchev–Trinajstić information content (AvgIpc) is 1.83. The van der Waals surface area contributed by atoms with Gasteiger partial charge in [-0.15, -0.1) is 0 Å². The third-order valence-corrected chi connectivity index (χ3v) is 1.18. The standard InChI is InChI=1S/C5H9BrN2/c1-3-8-4-5(6)7-2/h3-4,7H,1-2H3/b5-4-,8-3-. The van der Waals surface area contributed by atoms with Crippen molar-refractivity contribution in [1.29, 1.82) is 0 Å². The second-order valence-electron chi connectivity index (χ2n) is 1.13. The maximum absolute atomic E-state index is 3.85. The molecule has 0 aliphatic carbocycles. The minimum atomic E-state index is 0.885. The lowest BCUT2D eigenvalue weighted by atomic mass is 10.8. The highest BCUT2D eigenvalue weighted by molar-refractivity contribution is 9.11. The van der Waals surface area contributed by atoms with Crippen LogP contribution in [-0.2, 0) is 0 Å². The van der Waals surface area contributed by atoms with Crippen LogP contribution in [0.4, 0.5) is 0 Å². The molecule has 3 heteroatoms. The maximum atomic E-state index is 3.85. The molecule has 0 radical (unpaired) electrons. The molecule has 0 aromatic rings. The Labute approximate surface area is 57.8 Å². The minimum Gasteiger partial charge on any atom is -0.381 e. The molecule has 0 fully saturated rings. The Morgan fingerprint density at radius 1 is 1.75 bits per heavy atom. The van der Waals surface area contributed by atoms with Gasteiger partial charge in [0.05, 0.1) is 10.8 Å². The van der Waals surface area contributed by atoms with E-state index in [1.807, 2.05) is 14.0 Å². The molecule has 0 rings (SSSR count). The van der Waals surface area contributed by atoms with E-state index in [1.165, 1.54) is 0 Å². The van der Waals surface area contributed by atoms with Gasteiger partial charge >= 0.3 is 0 Å². The lowest BCUT2D eigenvalue weighted by molar-refractivity contribution is 1.08. The summed E-state index contributed by atoms with van der Waals surface area (Å²) in [5, 5.41) is 2.86. The monoisotopic (exact) mass is 176 g/mol. The molecule has 8 heavy (non-hydrogen) atoms. The first-order chi connectivity index (χ1) is 3.81. The molecule has 1 N–H and O–H groups in total. The van der Waals surface area contributed by atoms with Gasteiger partial charge in [0, 0.05) is 13.3 Å². The molecule has 0 atom stereocenters. The molecule has 0 aromatic carbocycles. The molecule has 0 amide bonds. The Morgan fingerprint density at radius 2 is 2.38 bits per heavy atom. The van der Waals surface area contributed by atoms with Gasteiger partial charge in [-0.3, -0.25) is 4.99 Å². The Hall–Kier alpha value is -0.310. The van der Waals surface area contributed by atoms with Crippen molar-refractivity contribution >= 4 is 22.1 Å². The Bertz CT molecular complexity index is 107. The molecule has 0 saturated carbocycles. The van der Waals surface area contributed by atoms with Crippen molar-refractivity contribution in [1.82, 2.24) is 5.32 Å². The van der Waals surface area contributed by atoms with Crippen molar-refractivity contribution in [3.05, 3.63) is 10.8 Å². The summed E-state index contributed by atoms with van der Waals surface area (Å²) in [6, 6.07) is 0. The van der Waals surface area contributed by atoms with Crippen LogP contribution >= 0.6 is 15.9 Å². The number of halogens is 1. The van der Waals surface area contributed by atoms with Crippen LogP contribution in [0.5, 0.6) is 0 Å². The van der Waals surface area contributed by atoms with Gasteiger partial charge in [-0.25, -0.2) is 0 Å². The second kappa shape index (κ2) is 4.84. The maximum Gasteiger partial charge on any atom is 0.0962 e. The van der Waals surface area contributed by atoms with Crippen molar-refractivity contribution in [3.8, 4) is 0 Å². The Balaban J connectivity index is 3.57. The van der Waals surface area contributed by atoms with E-state index in [9.17, 15) is 0 Å². The number of nitrogens with zero attached hydrogens (tertiary/aromatic N) is 1. The normalized spacial score (nSPS) is 12.6. The average molecular weight is 177 g/mol. The highest BCUT2D eigenvalue weighted by Crippen LogP contribution is 1.96. The smallest absolute Gasteiger partial charge is 0.0962 e. The van der Waals surface area contributed by atoms with Crippen molar-refractivity contribution in [2.75, 3.05) is 7.05 Å². The lowest BCUT2D eigenvalue weighted by Gasteiger charge is -1.89. The van der Waals surface area contributed by atoms with E-state index in [0.717, 1.165) is 4.61 Å². The summed E-state index contributed by atoms with van der Waals surface area (Å²) in [7, 11) is 1.83. The van der Waals surface area contributed by atoms with Crippen molar-refractivity contribution < 1.29 is 0 Å². The lowest BCUT2D eigenvalue weighted by Crippen LogP contribution is -1.97. The first-order valence-electron chi connectivity index (χ1n) is 2.32. The van der Waals surface area contributed by atoms with Gasteiger partial charge in [-0.05, 0) is 22.9 Å². The highest BCUT2D eigenvalue weighted by atomic mass is 79.9. The van der Waals surface area contributed by atoms with Crippen LogP contribution in [0.3, 0.4) is 0 Å². The van der Waals surface area contributed by atoms with Crippen LogP contribution in [0, 0.1) is 0 Å². The van der Waals surface area contributed by atoms with Crippen LogP contribution in [0.25, 0.3) is 0 Å². The van der Waals surface area contributed by atoms with E-state index >= 15 is 0 Å². The first kappa shape index (κ1) is 7.69. The molecule has 0 bridgehead atoms. The molecular formula is C5H9BrN2. The Morgan fingerprint density at radius 3 is 2.75 bits per heavy atom. The highest BCUT2D eigenvalue weighted by Gasteiger charge is 1.76. The predicted molar refractivity (Wildman–Crippen MR) is 40.2 cm³/mol. The number of aliphatic imine (C=N–C) groups is 1. The van der Waals surface area contributed by atoms with Crippen LogP contribution < -0.4 is 5.32 Å². The third kappa shape index (κ3) is 3.87. The van der Waals surface area contributed by atoms with E-state index in [2.05, 4.69) is 26.2 Å². The number of nitrogens with one attached hydrogen (secondary N) is 1. The molecule has 0 spiro atoms. The predicted octanol–water partition coefficient (Wildman–Crippen LogP) is 1.49. The molecule has 46 valence electrons. The summed E-state index contributed by atoms with van der Waals surface area (Å²) in [6.45, 7) is 1.87. The molecule has 0 aliphatic heterocycles. The Kier molecular flexibility index (Phi) is 4.65. The quantitative estimate of drug-likeness (QED) is 0.501. The fourth-order valence-corrected chi connectivity index (χ4v) is 0.323. The van der Waals surface area contributed by atoms with E-state index in [0.29, 0.717) is 0 Å². The van der Waals surface area contributed by atoms with E-state index in [1.54, 1.807) is 12.4 Å². The summed E-state index contributed by atoms with van der Waals surface area (Å²) in [5.74, 6) is 0. The first-order valence-corrected chi connectivity index (χ1v) is 3.11. The van der Waals surface area contributed by atoms with Crippen molar-refractivity contribution in [3.63, 3.8) is 0 Å². The summed E-state index contributed by atoms with van der Waals surface area (Å²) < 4.78 is 0.885. The largest absolute Gasteiger partial charge is 0.381 e. The SMILES string of the molecule is C/C=N\C=C(\Br)NC.